The van der Waals surface area contributed by atoms with Crippen molar-refractivity contribution >= 4 is 23.3 Å². The molecule has 1 atom stereocenters. The van der Waals surface area contributed by atoms with Crippen molar-refractivity contribution in [2.75, 3.05) is 13.1 Å². The highest BCUT2D eigenvalue weighted by atomic mass is 32.1. The summed E-state index contributed by atoms with van der Waals surface area (Å²) >= 11 is 1.60. The van der Waals surface area contributed by atoms with Crippen LogP contribution in [0.15, 0.2) is 35.7 Å². The van der Waals surface area contributed by atoms with Crippen LogP contribution in [-0.4, -0.2) is 36.1 Å². The van der Waals surface area contributed by atoms with Crippen molar-refractivity contribution in [2.24, 2.45) is 0 Å². The second-order valence-corrected chi connectivity index (χ2v) is 6.50. The Hall–Kier alpha value is -2.41. The monoisotopic (exact) mass is 344 g/mol. The van der Waals surface area contributed by atoms with E-state index >= 15 is 0 Å². The van der Waals surface area contributed by atoms with Crippen LogP contribution in [-0.2, 0) is 11.2 Å². The molecule has 0 spiro atoms. The van der Waals surface area contributed by atoms with Crippen molar-refractivity contribution in [1.82, 2.24) is 20.9 Å². The summed E-state index contributed by atoms with van der Waals surface area (Å²) in [5.41, 5.74) is 2.05. The Morgan fingerprint density at radius 3 is 2.96 bits per heavy atom. The minimum absolute atomic E-state index is 0.108. The number of hydrogen-bond donors (Lipinski definition) is 3. The van der Waals surface area contributed by atoms with Crippen LogP contribution < -0.4 is 16.0 Å². The van der Waals surface area contributed by atoms with Gasteiger partial charge in [-0.05, 0) is 12.8 Å². The number of thiazole rings is 1. The summed E-state index contributed by atoms with van der Waals surface area (Å²) in [6, 6.07) is 9.28. The fourth-order valence-corrected chi connectivity index (χ4v) is 3.42. The number of piperidine rings is 1. The fourth-order valence-electron chi connectivity index (χ4n) is 2.56. The molecule has 24 heavy (non-hydrogen) atoms. The maximum absolute atomic E-state index is 11.9. The van der Waals surface area contributed by atoms with Gasteiger partial charge in [-0.15, -0.1) is 11.3 Å². The number of carbonyl (C=O) groups is 2. The average molecular weight is 344 g/mol. The predicted octanol–water partition coefficient (Wildman–Crippen LogP) is 1.93. The number of carbonyl (C=O) groups excluding carboxylic acids is 2. The van der Waals surface area contributed by atoms with Gasteiger partial charge in [-0.25, -0.2) is 9.78 Å². The SMILES string of the molecule is O=C(NCCc1csc(-c2ccccc2)n1)NC1CCCNC1=O. The van der Waals surface area contributed by atoms with E-state index in [9.17, 15) is 9.59 Å². The summed E-state index contributed by atoms with van der Waals surface area (Å²) in [5, 5.41) is 11.2. The lowest BCUT2D eigenvalue weighted by Crippen LogP contribution is -2.52. The molecule has 1 aromatic carbocycles. The molecule has 3 rings (SSSR count). The Morgan fingerprint density at radius 1 is 1.33 bits per heavy atom. The molecule has 1 saturated heterocycles. The standard InChI is InChI=1S/C17H20N4O2S/c22-15-14(7-4-9-18-15)21-17(23)19-10-8-13-11-24-16(20-13)12-5-2-1-3-6-12/h1-3,5-6,11,14H,4,7-10H2,(H,18,22)(H2,19,21,23). The smallest absolute Gasteiger partial charge is 0.315 e. The number of hydrogen-bond acceptors (Lipinski definition) is 4. The summed E-state index contributed by atoms with van der Waals surface area (Å²) in [5.74, 6) is -0.108. The van der Waals surface area contributed by atoms with E-state index in [1.165, 1.54) is 0 Å². The third kappa shape index (κ3) is 4.32. The normalized spacial score (nSPS) is 17.2. The third-order valence-corrected chi connectivity index (χ3v) is 4.77. The van der Waals surface area contributed by atoms with E-state index in [1.54, 1.807) is 11.3 Å². The van der Waals surface area contributed by atoms with Crippen LogP contribution in [0, 0.1) is 0 Å². The third-order valence-electron chi connectivity index (χ3n) is 3.83. The van der Waals surface area contributed by atoms with Gasteiger partial charge in [-0.2, -0.15) is 0 Å². The Morgan fingerprint density at radius 2 is 2.17 bits per heavy atom. The zero-order valence-corrected chi connectivity index (χ0v) is 14.1. The van der Waals surface area contributed by atoms with Crippen molar-refractivity contribution in [3.63, 3.8) is 0 Å². The zero-order chi connectivity index (χ0) is 16.8. The van der Waals surface area contributed by atoms with Gasteiger partial charge in [0.25, 0.3) is 0 Å². The average Bonchev–Trinajstić information content (AvgIpc) is 3.07. The number of nitrogens with one attached hydrogen (secondary N) is 3. The highest BCUT2D eigenvalue weighted by molar-refractivity contribution is 7.13. The maximum atomic E-state index is 11.9. The van der Waals surface area contributed by atoms with E-state index < -0.39 is 6.04 Å². The van der Waals surface area contributed by atoms with Crippen LogP contribution in [0.1, 0.15) is 18.5 Å². The molecule has 0 bridgehead atoms. The Labute approximate surface area is 144 Å². The molecule has 1 unspecified atom stereocenters. The summed E-state index contributed by atoms with van der Waals surface area (Å²) < 4.78 is 0. The van der Waals surface area contributed by atoms with E-state index in [0.717, 1.165) is 22.7 Å². The quantitative estimate of drug-likeness (QED) is 0.775. The lowest BCUT2D eigenvalue weighted by Gasteiger charge is -2.22. The van der Waals surface area contributed by atoms with Gasteiger partial charge >= 0.3 is 6.03 Å². The fraction of sp³-hybridized carbons (Fsp3) is 0.353. The first-order chi connectivity index (χ1) is 11.7. The van der Waals surface area contributed by atoms with E-state index in [0.29, 0.717) is 25.9 Å². The first kappa shape index (κ1) is 16.4. The molecule has 1 aliphatic rings. The number of aromatic nitrogens is 1. The van der Waals surface area contributed by atoms with E-state index in [2.05, 4.69) is 20.9 Å². The first-order valence-electron chi connectivity index (χ1n) is 8.04. The topological polar surface area (TPSA) is 83.1 Å². The van der Waals surface area contributed by atoms with Gasteiger partial charge in [-0.3, -0.25) is 4.79 Å². The van der Waals surface area contributed by atoms with Crippen LogP contribution >= 0.6 is 11.3 Å². The van der Waals surface area contributed by atoms with E-state index in [1.807, 2.05) is 35.7 Å². The summed E-state index contributed by atoms with van der Waals surface area (Å²) in [6.45, 7) is 1.17. The molecule has 1 fully saturated rings. The molecule has 7 heteroatoms. The van der Waals surface area contributed by atoms with Crippen molar-refractivity contribution in [1.29, 1.82) is 0 Å². The molecule has 6 nitrogen and oxygen atoms in total. The van der Waals surface area contributed by atoms with Crippen LogP contribution in [0.4, 0.5) is 4.79 Å². The maximum Gasteiger partial charge on any atom is 0.315 e. The van der Waals surface area contributed by atoms with Gasteiger partial charge in [0.1, 0.15) is 11.0 Å². The largest absolute Gasteiger partial charge is 0.354 e. The second kappa shape index (κ2) is 7.92. The molecule has 3 amide bonds. The predicted molar refractivity (Wildman–Crippen MR) is 93.8 cm³/mol. The van der Waals surface area contributed by atoms with Crippen molar-refractivity contribution in [2.45, 2.75) is 25.3 Å². The molecule has 0 radical (unpaired) electrons. The molecule has 126 valence electrons. The molecule has 0 aliphatic carbocycles. The second-order valence-electron chi connectivity index (χ2n) is 5.65. The van der Waals surface area contributed by atoms with Crippen LogP contribution in [0.25, 0.3) is 10.6 Å². The Kier molecular flexibility index (Phi) is 5.43. The number of nitrogens with zero attached hydrogens (tertiary/aromatic N) is 1. The molecular formula is C17H20N4O2S. The zero-order valence-electron chi connectivity index (χ0n) is 13.2. The van der Waals surface area contributed by atoms with E-state index in [-0.39, 0.29) is 11.9 Å². The molecule has 3 N–H and O–H groups in total. The number of urea groups is 1. The Balaban J connectivity index is 1.44. The lowest BCUT2D eigenvalue weighted by molar-refractivity contribution is -0.124. The number of amides is 3. The van der Waals surface area contributed by atoms with Crippen LogP contribution in [0.3, 0.4) is 0 Å². The van der Waals surface area contributed by atoms with Gasteiger partial charge in [-0.1, -0.05) is 30.3 Å². The van der Waals surface area contributed by atoms with Gasteiger partial charge < -0.3 is 16.0 Å². The minimum Gasteiger partial charge on any atom is -0.354 e. The summed E-state index contributed by atoms with van der Waals surface area (Å²) in [7, 11) is 0. The van der Waals surface area contributed by atoms with Crippen molar-refractivity contribution < 1.29 is 9.59 Å². The molecule has 2 heterocycles. The summed E-state index contributed by atoms with van der Waals surface area (Å²) in [4.78, 5) is 28.0. The molecule has 1 aliphatic heterocycles. The Bertz CT molecular complexity index is 702. The van der Waals surface area contributed by atoms with Crippen molar-refractivity contribution in [3.05, 3.63) is 41.4 Å². The van der Waals surface area contributed by atoms with E-state index in [4.69, 9.17) is 0 Å². The number of rotatable bonds is 5. The molecule has 2 aromatic rings. The lowest BCUT2D eigenvalue weighted by atomic mass is 10.1. The van der Waals surface area contributed by atoms with Crippen LogP contribution in [0.2, 0.25) is 0 Å². The summed E-state index contributed by atoms with van der Waals surface area (Å²) in [6.07, 6.45) is 2.23. The molecule has 1 aromatic heterocycles. The van der Waals surface area contributed by atoms with Gasteiger partial charge in [0, 0.05) is 30.5 Å². The van der Waals surface area contributed by atoms with Gasteiger partial charge in [0.05, 0.1) is 5.69 Å². The molecule has 0 saturated carbocycles. The van der Waals surface area contributed by atoms with Crippen molar-refractivity contribution in [3.8, 4) is 10.6 Å². The van der Waals surface area contributed by atoms with Crippen LogP contribution in [0.5, 0.6) is 0 Å². The minimum atomic E-state index is -0.428. The first-order valence-corrected chi connectivity index (χ1v) is 8.92. The van der Waals surface area contributed by atoms with Gasteiger partial charge in [0.2, 0.25) is 5.91 Å². The number of benzene rings is 1. The molecular weight excluding hydrogens is 324 g/mol. The highest BCUT2D eigenvalue weighted by Crippen LogP contribution is 2.23. The highest BCUT2D eigenvalue weighted by Gasteiger charge is 2.23. The van der Waals surface area contributed by atoms with Gasteiger partial charge in [0.15, 0.2) is 0 Å².